The lowest BCUT2D eigenvalue weighted by atomic mass is 10.1. The molecule has 18 heavy (non-hydrogen) atoms. The number of nitrogen functional groups attached to an aromatic ring is 1. The van der Waals surface area contributed by atoms with Crippen LogP contribution in [-0.4, -0.2) is 27.7 Å². The topological polar surface area (TPSA) is 66.0 Å². The summed E-state index contributed by atoms with van der Waals surface area (Å²) in [4.78, 5) is 8.28. The van der Waals surface area contributed by atoms with Crippen molar-refractivity contribution in [2.75, 3.05) is 18.9 Å². The molecule has 0 saturated carbocycles. The average molecular weight is 244 g/mol. The predicted octanol–water partition coefficient (Wildman–Crippen LogP) is 1.88. The summed E-state index contributed by atoms with van der Waals surface area (Å²) in [7, 11) is 0. The molecule has 3 rings (SSSR count). The molecule has 5 heteroatoms. The molecule has 0 unspecified atom stereocenters. The maximum absolute atomic E-state index is 5.73. The van der Waals surface area contributed by atoms with Gasteiger partial charge in [0.2, 0.25) is 0 Å². The van der Waals surface area contributed by atoms with Crippen molar-refractivity contribution in [3.05, 3.63) is 30.9 Å². The number of hydrogen-bond acceptors (Lipinski definition) is 4. The molecule has 0 atom stereocenters. The van der Waals surface area contributed by atoms with Crippen molar-refractivity contribution in [3.8, 4) is 11.3 Å². The Balaban J connectivity index is 1.95. The van der Waals surface area contributed by atoms with Crippen molar-refractivity contribution in [3.63, 3.8) is 0 Å². The van der Waals surface area contributed by atoms with Gasteiger partial charge in [0.05, 0.1) is 18.2 Å². The van der Waals surface area contributed by atoms with E-state index in [4.69, 9.17) is 10.5 Å². The fourth-order valence-electron chi connectivity index (χ4n) is 2.39. The molecule has 1 aliphatic heterocycles. The first-order valence-corrected chi connectivity index (χ1v) is 6.16. The monoisotopic (exact) mass is 244 g/mol. The number of hydrogen-bond donors (Lipinski definition) is 1. The standard InChI is InChI=1S/C13H16N4O/c14-13-7-10(1-4-16-13)12-8-15-9-17(12)11-2-5-18-6-3-11/h1,4,7-9,11H,2-3,5-6H2,(H2,14,16). The number of ether oxygens (including phenoxy) is 1. The van der Waals surface area contributed by atoms with Gasteiger partial charge in [-0.25, -0.2) is 9.97 Å². The van der Waals surface area contributed by atoms with E-state index in [1.807, 2.05) is 24.7 Å². The molecule has 2 aromatic rings. The lowest BCUT2D eigenvalue weighted by molar-refractivity contribution is 0.0699. The molecular formula is C13H16N4O. The summed E-state index contributed by atoms with van der Waals surface area (Å²) in [6.45, 7) is 1.64. The molecule has 0 bridgehead atoms. The first-order chi connectivity index (χ1) is 8.84. The van der Waals surface area contributed by atoms with E-state index in [1.54, 1.807) is 6.20 Å². The third kappa shape index (κ3) is 2.09. The van der Waals surface area contributed by atoms with Gasteiger partial charge in [-0.2, -0.15) is 0 Å². The van der Waals surface area contributed by atoms with Crippen molar-refractivity contribution < 1.29 is 4.74 Å². The van der Waals surface area contributed by atoms with Gasteiger partial charge >= 0.3 is 0 Å². The van der Waals surface area contributed by atoms with Gasteiger partial charge in [-0.05, 0) is 25.0 Å². The Bertz CT molecular complexity index is 531. The lowest BCUT2D eigenvalue weighted by Gasteiger charge is -2.25. The number of nitrogens with two attached hydrogens (primary N) is 1. The van der Waals surface area contributed by atoms with Crippen LogP contribution in [0.2, 0.25) is 0 Å². The fourth-order valence-corrected chi connectivity index (χ4v) is 2.39. The zero-order valence-corrected chi connectivity index (χ0v) is 10.1. The molecule has 3 heterocycles. The Morgan fingerprint density at radius 2 is 2.17 bits per heavy atom. The molecule has 2 aromatic heterocycles. The predicted molar refractivity (Wildman–Crippen MR) is 69.0 cm³/mol. The molecule has 1 saturated heterocycles. The van der Waals surface area contributed by atoms with Crippen molar-refractivity contribution in [2.24, 2.45) is 0 Å². The number of anilines is 1. The van der Waals surface area contributed by atoms with Crippen LogP contribution in [0.15, 0.2) is 30.9 Å². The minimum Gasteiger partial charge on any atom is -0.384 e. The minimum absolute atomic E-state index is 0.464. The number of imidazole rings is 1. The molecule has 0 spiro atoms. The maximum Gasteiger partial charge on any atom is 0.123 e. The third-order valence-electron chi connectivity index (χ3n) is 3.33. The van der Waals surface area contributed by atoms with Crippen LogP contribution in [0, 0.1) is 0 Å². The minimum atomic E-state index is 0.464. The van der Waals surface area contributed by atoms with Crippen LogP contribution in [0.5, 0.6) is 0 Å². The summed E-state index contributed by atoms with van der Waals surface area (Å²) in [6.07, 6.45) is 7.56. The SMILES string of the molecule is Nc1cc(-c2cncn2C2CCOCC2)ccn1. The molecular weight excluding hydrogens is 228 g/mol. The molecule has 5 nitrogen and oxygen atoms in total. The molecule has 0 aromatic carbocycles. The van der Waals surface area contributed by atoms with E-state index in [9.17, 15) is 0 Å². The Morgan fingerprint density at radius 3 is 2.94 bits per heavy atom. The van der Waals surface area contributed by atoms with Gasteiger partial charge in [0, 0.05) is 31.0 Å². The highest BCUT2D eigenvalue weighted by atomic mass is 16.5. The molecule has 1 aliphatic rings. The molecule has 0 amide bonds. The Kier molecular flexibility index (Phi) is 2.98. The molecule has 94 valence electrons. The van der Waals surface area contributed by atoms with Crippen molar-refractivity contribution in [1.29, 1.82) is 0 Å². The summed E-state index contributed by atoms with van der Waals surface area (Å²) in [5.74, 6) is 0.534. The molecule has 0 radical (unpaired) electrons. The average Bonchev–Trinajstić information content (AvgIpc) is 2.89. The normalized spacial score (nSPS) is 16.9. The van der Waals surface area contributed by atoms with Gasteiger partial charge in [-0.3, -0.25) is 0 Å². The van der Waals surface area contributed by atoms with Crippen LogP contribution in [0.1, 0.15) is 18.9 Å². The van der Waals surface area contributed by atoms with Gasteiger partial charge in [0.15, 0.2) is 0 Å². The van der Waals surface area contributed by atoms with Crippen LogP contribution in [-0.2, 0) is 4.74 Å². The highest BCUT2D eigenvalue weighted by molar-refractivity contribution is 5.61. The Labute approximate surface area is 106 Å². The van der Waals surface area contributed by atoms with Crippen LogP contribution < -0.4 is 5.73 Å². The number of aromatic nitrogens is 3. The van der Waals surface area contributed by atoms with Crippen LogP contribution >= 0.6 is 0 Å². The van der Waals surface area contributed by atoms with Crippen molar-refractivity contribution >= 4 is 5.82 Å². The lowest BCUT2D eigenvalue weighted by Crippen LogP contribution is -2.19. The molecule has 1 fully saturated rings. The van der Waals surface area contributed by atoms with Gasteiger partial charge in [0.25, 0.3) is 0 Å². The van der Waals surface area contributed by atoms with E-state index in [0.717, 1.165) is 37.3 Å². The second kappa shape index (κ2) is 4.78. The first kappa shape index (κ1) is 11.2. The van der Waals surface area contributed by atoms with Gasteiger partial charge in [0.1, 0.15) is 5.82 Å². The van der Waals surface area contributed by atoms with E-state index >= 15 is 0 Å². The summed E-state index contributed by atoms with van der Waals surface area (Å²) in [5.41, 5.74) is 7.89. The van der Waals surface area contributed by atoms with Gasteiger partial charge in [-0.1, -0.05) is 0 Å². The molecule has 0 aliphatic carbocycles. The van der Waals surface area contributed by atoms with Crippen LogP contribution in [0.4, 0.5) is 5.82 Å². The van der Waals surface area contributed by atoms with Gasteiger partial charge in [-0.15, -0.1) is 0 Å². The Hall–Kier alpha value is -1.88. The summed E-state index contributed by atoms with van der Waals surface area (Å²) in [6, 6.07) is 4.31. The van der Waals surface area contributed by atoms with Crippen molar-refractivity contribution in [1.82, 2.24) is 14.5 Å². The second-order valence-corrected chi connectivity index (χ2v) is 4.50. The van der Waals surface area contributed by atoms with Gasteiger partial charge < -0.3 is 15.0 Å². The van der Waals surface area contributed by atoms with E-state index in [1.165, 1.54) is 0 Å². The Morgan fingerprint density at radius 1 is 1.33 bits per heavy atom. The van der Waals surface area contributed by atoms with E-state index in [0.29, 0.717) is 11.9 Å². The van der Waals surface area contributed by atoms with Crippen LogP contribution in [0.3, 0.4) is 0 Å². The van der Waals surface area contributed by atoms with E-state index in [2.05, 4.69) is 14.5 Å². The number of nitrogens with zero attached hydrogens (tertiary/aromatic N) is 3. The fraction of sp³-hybridized carbons (Fsp3) is 0.385. The van der Waals surface area contributed by atoms with E-state index < -0.39 is 0 Å². The summed E-state index contributed by atoms with van der Waals surface area (Å²) < 4.78 is 7.62. The number of rotatable bonds is 2. The largest absolute Gasteiger partial charge is 0.384 e. The molecule has 2 N–H and O–H groups in total. The quantitative estimate of drug-likeness (QED) is 0.876. The zero-order valence-electron chi connectivity index (χ0n) is 10.1. The zero-order chi connectivity index (χ0) is 12.4. The summed E-state index contributed by atoms with van der Waals surface area (Å²) >= 11 is 0. The second-order valence-electron chi connectivity index (χ2n) is 4.50. The smallest absolute Gasteiger partial charge is 0.123 e. The maximum atomic E-state index is 5.73. The third-order valence-corrected chi connectivity index (χ3v) is 3.33. The number of pyridine rings is 1. The highest BCUT2D eigenvalue weighted by Gasteiger charge is 2.18. The summed E-state index contributed by atoms with van der Waals surface area (Å²) in [5, 5.41) is 0. The first-order valence-electron chi connectivity index (χ1n) is 6.16. The highest BCUT2D eigenvalue weighted by Crippen LogP contribution is 2.28. The van der Waals surface area contributed by atoms with Crippen molar-refractivity contribution in [2.45, 2.75) is 18.9 Å². The van der Waals surface area contributed by atoms with E-state index in [-0.39, 0.29) is 0 Å². The van der Waals surface area contributed by atoms with Crippen LogP contribution in [0.25, 0.3) is 11.3 Å².